The Balaban J connectivity index is 1.77. The zero-order valence-electron chi connectivity index (χ0n) is 11.1. The third-order valence-corrected chi connectivity index (χ3v) is 2.96. The Labute approximate surface area is 121 Å². The van der Waals surface area contributed by atoms with Crippen molar-refractivity contribution >= 4 is 5.82 Å². The first-order chi connectivity index (χ1) is 10.4. The van der Waals surface area contributed by atoms with E-state index in [1.165, 1.54) is 6.20 Å². The number of hydrogen-bond donors (Lipinski definition) is 2. The summed E-state index contributed by atoms with van der Waals surface area (Å²) in [6, 6.07) is 10.0. The third kappa shape index (κ3) is 2.87. The highest BCUT2D eigenvalue weighted by Crippen LogP contribution is 2.17. The molecule has 0 fully saturated rings. The van der Waals surface area contributed by atoms with E-state index in [0.717, 1.165) is 17.0 Å². The Hall–Kier alpha value is -3.20. The monoisotopic (exact) mass is 276 g/mol. The Morgan fingerprint density at radius 1 is 1.14 bits per heavy atom. The summed E-state index contributed by atoms with van der Waals surface area (Å²) in [5.41, 5.74) is 2.37. The number of aromatic amines is 1. The molecule has 3 rings (SSSR count). The number of H-pyrrole nitrogens is 1. The SMILES string of the molecule is N#Cc1nccnc1NCc1cccc(-c2ncc[nH]2)c1. The van der Waals surface area contributed by atoms with E-state index in [0.29, 0.717) is 18.1 Å². The van der Waals surface area contributed by atoms with Gasteiger partial charge in [-0.15, -0.1) is 0 Å². The van der Waals surface area contributed by atoms with E-state index >= 15 is 0 Å². The van der Waals surface area contributed by atoms with Gasteiger partial charge in [-0.3, -0.25) is 0 Å². The maximum absolute atomic E-state index is 8.98. The molecule has 0 bridgehead atoms. The Morgan fingerprint density at radius 2 is 2.05 bits per heavy atom. The van der Waals surface area contributed by atoms with Crippen LogP contribution in [-0.4, -0.2) is 19.9 Å². The quantitative estimate of drug-likeness (QED) is 0.763. The predicted octanol–water partition coefficient (Wildman–Crippen LogP) is 2.35. The number of nitrogens with one attached hydrogen (secondary N) is 2. The van der Waals surface area contributed by atoms with Gasteiger partial charge in [0.2, 0.25) is 0 Å². The molecule has 0 unspecified atom stereocenters. The fourth-order valence-corrected chi connectivity index (χ4v) is 1.99. The highest BCUT2D eigenvalue weighted by Gasteiger charge is 2.05. The van der Waals surface area contributed by atoms with Crippen LogP contribution < -0.4 is 5.32 Å². The first-order valence-electron chi connectivity index (χ1n) is 6.40. The lowest BCUT2D eigenvalue weighted by molar-refractivity contribution is 1.07. The van der Waals surface area contributed by atoms with Crippen molar-refractivity contribution in [2.75, 3.05) is 5.32 Å². The number of aromatic nitrogens is 4. The van der Waals surface area contributed by atoms with Crippen molar-refractivity contribution in [2.45, 2.75) is 6.54 Å². The highest BCUT2D eigenvalue weighted by atomic mass is 15.0. The molecule has 0 aliphatic carbocycles. The second-order valence-electron chi connectivity index (χ2n) is 4.36. The topological polar surface area (TPSA) is 90.3 Å². The molecule has 2 aromatic heterocycles. The lowest BCUT2D eigenvalue weighted by Gasteiger charge is -2.07. The molecule has 0 aliphatic heterocycles. The largest absolute Gasteiger partial charge is 0.364 e. The summed E-state index contributed by atoms with van der Waals surface area (Å²) in [6.45, 7) is 0.557. The van der Waals surface area contributed by atoms with Crippen LogP contribution in [0.5, 0.6) is 0 Å². The highest BCUT2D eigenvalue weighted by molar-refractivity contribution is 5.56. The number of anilines is 1. The van der Waals surface area contributed by atoms with E-state index < -0.39 is 0 Å². The van der Waals surface area contributed by atoms with Crippen LogP contribution in [-0.2, 0) is 6.54 Å². The number of benzene rings is 1. The smallest absolute Gasteiger partial charge is 0.182 e. The van der Waals surface area contributed by atoms with Crippen LogP contribution in [0.1, 0.15) is 11.3 Å². The maximum atomic E-state index is 8.98. The molecule has 0 atom stereocenters. The summed E-state index contributed by atoms with van der Waals surface area (Å²) < 4.78 is 0. The second kappa shape index (κ2) is 5.84. The average Bonchev–Trinajstić information content (AvgIpc) is 3.08. The normalized spacial score (nSPS) is 10.0. The lowest BCUT2D eigenvalue weighted by Crippen LogP contribution is -2.04. The van der Waals surface area contributed by atoms with Gasteiger partial charge in [0.15, 0.2) is 11.5 Å². The number of rotatable bonds is 4. The summed E-state index contributed by atoms with van der Waals surface area (Å²) in [4.78, 5) is 15.4. The zero-order chi connectivity index (χ0) is 14.5. The first-order valence-corrected chi connectivity index (χ1v) is 6.40. The molecule has 0 aliphatic rings. The first kappa shape index (κ1) is 12.8. The lowest BCUT2D eigenvalue weighted by atomic mass is 10.1. The van der Waals surface area contributed by atoms with Gasteiger partial charge in [0.1, 0.15) is 11.9 Å². The molecule has 2 heterocycles. The van der Waals surface area contributed by atoms with E-state index in [2.05, 4.69) is 25.3 Å². The molecule has 6 nitrogen and oxygen atoms in total. The summed E-state index contributed by atoms with van der Waals surface area (Å²) >= 11 is 0. The predicted molar refractivity (Wildman–Crippen MR) is 78.1 cm³/mol. The number of nitriles is 1. The summed E-state index contributed by atoms with van der Waals surface area (Å²) in [5, 5.41) is 12.1. The standard InChI is InChI=1S/C15H12N6/c16-9-13-15(20-5-4-17-13)21-10-11-2-1-3-12(8-11)14-18-6-7-19-14/h1-8H,10H2,(H,18,19)(H,20,21). The van der Waals surface area contributed by atoms with Gasteiger partial charge < -0.3 is 10.3 Å². The molecule has 0 radical (unpaired) electrons. The van der Waals surface area contributed by atoms with Crippen molar-refractivity contribution in [2.24, 2.45) is 0 Å². The average molecular weight is 276 g/mol. The number of hydrogen-bond acceptors (Lipinski definition) is 5. The molecule has 3 aromatic rings. The molecule has 0 spiro atoms. The molecule has 0 amide bonds. The minimum atomic E-state index is 0.291. The number of nitrogens with zero attached hydrogens (tertiary/aromatic N) is 4. The third-order valence-electron chi connectivity index (χ3n) is 2.96. The van der Waals surface area contributed by atoms with Crippen molar-refractivity contribution < 1.29 is 0 Å². The molecule has 0 saturated heterocycles. The van der Waals surface area contributed by atoms with Crippen LogP contribution in [0, 0.1) is 11.3 Å². The van der Waals surface area contributed by atoms with Gasteiger partial charge in [0.25, 0.3) is 0 Å². The van der Waals surface area contributed by atoms with Crippen LogP contribution in [0.25, 0.3) is 11.4 Å². The molecule has 6 heteroatoms. The second-order valence-corrected chi connectivity index (χ2v) is 4.36. The summed E-state index contributed by atoms with van der Waals surface area (Å²) in [6.07, 6.45) is 6.57. The van der Waals surface area contributed by atoms with Crippen LogP contribution in [0.15, 0.2) is 49.1 Å². The molecular weight excluding hydrogens is 264 g/mol. The van der Waals surface area contributed by atoms with Crippen molar-refractivity contribution in [1.29, 1.82) is 5.26 Å². The maximum Gasteiger partial charge on any atom is 0.182 e. The Kier molecular flexibility index (Phi) is 3.56. The summed E-state index contributed by atoms with van der Waals surface area (Å²) in [7, 11) is 0. The van der Waals surface area contributed by atoms with Gasteiger partial charge in [-0.25, -0.2) is 15.0 Å². The van der Waals surface area contributed by atoms with Crippen molar-refractivity contribution in [1.82, 2.24) is 19.9 Å². The van der Waals surface area contributed by atoms with Crippen LogP contribution in [0.3, 0.4) is 0 Å². The van der Waals surface area contributed by atoms with Crippen molar-refractivity contribution in [3.8, 4) is 17.5 Å². The molecule has 102 valence electrons. The number of imidazole rings is 1. The van der Waals surface area contributed by atoms with Crippen molar-refractivity contribution in [3.05, 3.63) is 60.3 Å². The molecule has 21 heavy (non-hydrogen) atoms. The molecule has 1 aromatic carbocycles. The minimum absolute atomic E-state index is 0.291. The molecule has 2 N–H and O–H groups in total. The molecule has 0 saturated carbocycles. The van der Waals surface area contributed by atoms with E-state index in [1.807, 2.05) is 30.3 Å². The van der Waals surface area contributed by atoms with Crippen LogP contribution in [0.4, 0.5) is 5.82 Å². The molecular formula is C15H12N6. The fraction of sp³-hybridized carbons (Fsp3) is 0.0667. The minimum Gasteiger partial charge on any atom is -0.364 e. The van der Waals surface area contributed by atoms with E-state index in [4.69, 9.17) is 5.26 Å². The van der Waals surface area contributed by atoms with Gasteiger partial charge in [0, 0.05) is 36.9 Å². The van der Waals surface area contributed by atoms with Gasteiger partial charge >= 0.3 is 0 Å². The summed E-state index contributed by atoms with van der Waals surface area (Å²) in [5.74, 6) is 1.32. The van der Waals surface area contributed by atoms with Crippen LogP contribution >= 0.6 is 0 Å². The van der Waals surface area contributed by atoms with Gasteiger partial charge in [-0.1, -0.05) is 18.2 Å². The van der Waals surface area contributed by atoms with Gasteiger partial charge in [-0.05, 0) is 11.6 Å². The Morgan fingerprint density at radius 3 is 2.86 bits per heavy atom. The van der Waals surface area contributed by atoms with Gasteiger partial charge in [-0.2, -0.15) is 5.26 Å². The van der Waals surface area contributed by atoms with Gasteiger partial charge in [0.05, 0.1) is 0 Å². The van der Waals surface area contributed by atoms with E-state index in [-0.39, 0.29) is 0 Å². The zero-order valence-corrected chi connectivity index (χ0v) is 11.1. The van der Waals surface area contributed by atoms with E-state index in [1.54, 1.807) is 18.6 Å². The fourth-order valence-electron chi connectivity index (χ4n) is 1.99. The van der Waals surface area contributed by atoms with Crippen molar-refractivity contribution in [3.63, 3.8) is 0 Å². The Bertz CT molecular complexity index is 773. The van der Waals surface area contributed by atoms with Crippen LogP contribution in [0.2, 0.25) is 0 Å². The van der Waals surface area contributed by atoms with E-state index in [9.17, 15) is 0 Å².